The van der Waals surface area contributed by atoms with Crippen molar-refractivity contribution in [2.24, 2.45) is 4.99 Å². The molecule has 0 spiro atoms. The van der Waals surface area contributed by atoms with Crippen LogP contribution in [-0.2, 0) is 0 Å². The Labute approximate surface area is 100 Å². The lowest BCUT2D eigenvalue weighted by atomic mass is 10.1. The summed E-state index contributed by atoms with van der Waals surface area (Å²) in [7, 11) is 0. The van der Waals surface area contributed by atoms with Crippen molar-refractivity contribution >= 4 is 17.1 Å². The summed E-state index contributed by atoms with van der Waals surface area (Å²) in [5, 5.41) is 1.04. The molecule has 0 aliphatic heterocycles. The van der Waals surface area contributed by atoms with Crippen LogP contribution in [0, 0.1) is 6.92 Å². The Morgan fingerprint density at radius 3 is 2.94 bits per heavy atom. The van der Waals surface area contributed by atoms with Crippen LogP contribution in [0.1, 0.15) is 24.5 Å². The van der Waals surface area contributed by atoms with Gasteiger partial charge in [0.15, 0.2) is 0 Å². The first-order valence-corrected chi connectivity index (χ1v) is 5.84. The van der Waals surface area contributed by atoms with Gasteiger partial charge in [-0.2, -0.15) is 0 Å². The third kappa shape index (κ3) is 2.61. The number of nitrogens with one attached hydrogen (secondary N) is 1. The molecule has 3 heteroatoms. The molecule has 88 valence electrons. The summed E-state index contributed by atoms with van der Waals surface area (Å²) >= 11 is 0. The van der Waals surface area contributed by atoms with Gasteiger partial charge in [-0.05, 0) is 36.9 Å². The van der Waals surface area contributed by atoms with Crippen LogP contribution >= 0.6 is 0 Å². The fraction of sp³-hybridized carbons (Fsp3) is 0.286. The van der Waals surface area contributed by atoms with Gasteiger partial charge in [0.2, 0.25) is 0 Å². The van der Waals surface area contributed by atoms with Gasteiger partial charge in [-0.15, -0.1) is 0 Å². The number of rotatable bonds is 3. The number of hydrogen-bond donors (Lipinski definition) is 1. The van der Waals surface area contributed by atoms with Crippen LogP contribution in [-0.4, -0.2) is 17.7 Å². The zero-order chi connectivity index (χ0) is 12.3. The molecule has 1 N–H and O–H groups in total. The number of aryl methyl sites for hydroxylation is 1. The molecule has 1 aromatic heterocycles. The van der Waals surface area contributed by atoms with Crippen molar-refractivity contribution < 1.29 is 0 Å². The highest BCUT2D eigenvalue weighted by atomic mass is 16.1. The van der Waals surface area contributed by atoms with Crippen LogP contribution in [0.3, 0.4) is 0 Å². The third-order valence-corrected chi connectivity index (χ3v) is 2.61. The highest BCUT2D eigenvalue weighted by Crippen LogP contribution is 2.12. The van der Waals surface area contributed by atoms with Crippen molar-refractivity contribution in [3.63, 3.8) is 0 Å². The van der Waals surface area contributed by atoms with Crippen molar-refractivity contribution in [1.82, 2.24) is 4.98 Å². The van der Waals surface area contributed by atoms with Gasteiger partial charge >= 0.3 is 0 Å². The molecule has 2 rings (SSSR count). The van der Waals surface area contributed by atoms with Gasteiger partial charge in [0.25, 0.3) is 5.56 Å². The van der Waals surface area contributed by atoms with Gasteiger partial charge in [-0.3, -0.25) is 9.79 Å². The fourth-order valence-corrected chi connectivity index (χ4v) is 1.73. The first kappa shape index (κ1) is 11.6. The lowest BCUT2D eigenvalue weighted by Gasteiger charge is -2.00. The summed E-state index contributed by atoms with van der Waals surface area (Å²) in [6, 6.07) is 7.87. The maximum atomic E-state index is 11.8. The van der Waals surface area contributed by atoms with Gasteiger partial charge < -0.3 is 4.98 Å². The van der Waals surface area contributed by atoms with E-state index in [0.717, 1.165) is 23.9 Å². The van der Waals surface area contributed by atoms with Crippen molar-refractivity contribution in [3.8, 4) is 0 Å². The van der Waals surface area contributed by atoms with Crippen LogP contribution in [0.5, 0.6) is 0 Å². The first-order chi connectivity index (χ1) is 8.20. The van der Waals surface area contributed by atoms with Crippen LogP contribution in [0.15, 0.2) is 34.1 Å². The molecular weight excluding hydrogens is 212 g/mol. The average Bonchev–Trinajstić information content (AvgIpc) is 2.31. The quantitative estimate of drug-likeness (QED) is 0.806. The number of hydrogen-bond acceptors (Lipinski definition) is 2. The zero-order valence-corrected chi connectivity index (χ0v) is 10.2. The molecule has 2 aromatic rings. The van der Waals surface area contributed by atoms with Gasteiger partial charge in [0, 0.05) is 18.3 Å². The maximum Gasteiger partial charge on any atom is 0.257 e. The van der Waals surface area contributed by atoms with E-state index < -0.39 is 0 Å². The fourth-order valence-electron chi connectivity index (χ4n) is 1.73. The SMILES string of the molecule is CCCN=Cc1cc2cc(C)ccc2[nH]c1=O. The molecule has 0 saturated carbocycles. The second-order valence-electron chi connectivity index (χ2n) is 4.18. The lowest BCUT2D eigenvalue weighted by molar-refractivity contribution is 0.936. The molecule has 3 nitrogen and oxygen atoms in total. The second-order valence-corrected chi connectivity index (χ2v) is 4.18. The lowest BCUT2D eigenvalue weighted by Crippen LogP contribution is -2.11. The number of aliphatic imine (C=N–C) groups is 1. The minimum atomic E-state index is -0.0822. The van der Waals surface area contributed by atoms with Crippen molar-refractivity contribution in [1.29, 1.82) is 0 Å². The highest BCUT2D eigenvalue weighted by molar-refractivity contribution is 5.87. The number of nitrogens with zero attached hydrogens (tertiary/aromatic N) is 1. The first-order valence-electron chi connectivity index (χ1n) is 5.84. The van der Waals surface area contributed by atoms with Crippen molar-refractivity contribution in [2.75, 3.05) is 6.54 Å². The maximum absolute atomic E-state index is 11.8. The van der Waals surface area contributed by atoms with E-state index in [1.807, 2.05) is 25.1 Å². The Kier molecular flexibility index (Phi) is 3.38. The molecular formula is C14H16N2O. The van der Waals surface area contributed by atoms with Crippen LogP contribution in [0.2, 0.25) is 0 Å². The molecule has 0 amide bonds. The Morgan fingerprint density at radius 1 is 1.35 bits per heavy atom. The minimum Gasteiger partial charge on any atom is -0.321 e. The molecule has 1 heterocycles. The number of benzene rings is 1. The Bertz CT molecular complexity index is 611. The van der Waals surface area contributed by atoms with E-state index in [4.69, 9.17) is 0 Å². The summed E-state index contributed by atoms with van der Waals surface area (Å²) in [6.45, 7) is 4.85. The van der Waals surface area contributed by atoms with E-state index in [1.54, 1.807) is 6.21 Å². The smallest absolute Gasteiger partial charge is 0.257 e. The van der Waals surface area contributed by atoms with E-state index in [0.29, 0.717) is 5.56 Å². The molecule has 0 aliphatic rings. The molecule has 1 aromatic carbocycles. The predicted octanol–water partition coefficient (Wildman–Crippen LogP) is 2.67. The Morgan fingerprint density at radius 2 is 2.18 bits per heavy atom. The summed E-state index contributed by atoms with van der Waals surface area (Å²) in [5.41, 5.74) is 2.59. The molecule has 0 fully saturated rings. The van der Waals surface area contributed by atoms with Gasteiger partial charge in [-0.1, -0.05) is 18.6 Å². The average molecular weight is 228 g/mol. The monoisotopic (exact) mass is 228 g/mol. The van der Waals surface area contributed by atoms with Crippen LogP contribution in [0.4, 0.5) is 0 Å². The van der Waals surface area contributed by atoms with Crippen LogP contribution in [0.25, 0.3) is 10.9 Å². The van der Waals surface area contributed by atoms with E-state index in [2.05, 4.69) is 23.0 Å². The van der Waals surface area contributed by atoms with Gasteiger partial charge in [-0.25, -0.2) is 0 Å². The number of pyridine rings is 1. The van der Waals surface area contributed by atoms with Gasteiger partial charge in [0.05, 0.1) is 5.56 Å². The molecule has 0 unspecified atom stereocenters. The van der Waals surface area contributed by atoms with E-state index in [1.165, 1.54) is 5.56 Å². The van der Waals surface area contributed by atoms with Gasteiger partial charge in [0.1, 0.15) is 0 Å². The largest absolute Gasteiger partial charge is 0.321 e. The van der Waals surface area contributed by atoms with E-state index in [9.17, 15) is 4.79 Å². The summed E-state index contributed by atoms with van der Waals surface area (Å²) in [6.07, 6.45) is 2.64. The van der Waals surface area contributed by atoms with E-state index >= 15 is 0 Å². The topological polar surface area (TPSA) is 45.2 Å². The number of aromatic nitrogens is 1. The summed E-state index contributed by atoms with van der Waals surface area (Å²) in [5.74, 6) is 0. The van der Waals surface area contributed by atoms with Crippen LogP contribution < -0.4 is 5.56 Å². The molecule has 0 atom stereocenters. The number of aromatic amines is 1. The molecule has 0 saturated heterocycles. The summed E-state index contributed by atoms with van der Waals surface area (Å²) < 4.78 is 0. The molecule has 0 bridgehead atoms. The number of H-pyrrole nitrogens is 1. The third-order valence-electron chi connectivity index (χ3n) is 2.61. The van der Waals surface area contributed by atoms with Crippen molar-refractivity contribution in [2.45, 2.75) is 20.3 Å². The minimum absolute atomic E-state index is 0.0822. The molecule has 0 radical (unpaired) electrons. The summed E-state index contributed by atoms with van der Waals surface area (Å²) in [4.78, 5) is 18.8. The van der Waals surface area contributed by atoms with E-state index in [-0.39, 0.29) is 5.56 Å². The normalized spacial score (nSPS) is 11.4. The number of fused-ring (bicyclic) bond motifs is 1. The van der Waals surface area contributed by atoms with Crippen molar-refractivity contribution in [3.05, 3.63) is 45.7 Å². The predicted molar refractivity (Wildman–Crippen MR) is 72.1 cm³/mol. The Balaban J connectivity index is 2.50. The Hall–Kier alpha value is -1.90. The highest BCUT2D eigenvalue weighted by Gasteiger charge is 2.00. The zero-order valence-electron chi connectivity index (χ0n) is 10.2. The second kappa shape index (κ2) is 4.95. The molecule has 17 heavy (non-hydrogen) atoms. The standard InChI is InChI=1S/C14H16N2O/c1-3-6-15-9-12-8-11-7-10(2)4-5-13(11)16-14(12)17/h4-5,7-9H,3,6H2,1-2H3,(H,16,17). The molecule has 0 aliphatic carbocycles.